The van der Waals surface area contributed by atoms with Crippen LogP contribution in [0.5, 0.6) is 0 Å². The number of hydrogen-bond donors (Lipinski definition) is 1. The van der Waals surface area contributed by atoms with Crippen molar-refractivity contribution in [2.75, 3.05) is 5.32 Å². The molecule has 0 saturated heterocycles. The van der Waals surface area contributed by atoms with Gasteiger partial charge in [-0.3, -0.25) is 9.59 Å². The molecule has 1 atom stereocenters. The number of aliphatic imine (C=N–C) groups is 2. The number of allylic oxidation sites excluding steroid dienone is 1. The third-order valence-electron chi connectivity index (χ3n) is 6.86. The summed E-state index contributed by atoms with van der Waals surface area (Å²) in [5.74, 6) is -1.04. The molecule has 0 aliphatic rings. The molecule has 4 aromatic rings. The molecule has 0 aliphatic carbocycles. The summed E-state index contributed by atoms with van der Waals surface area (Å²) in [6, 6.07) is 14.1. The lowest BCUT2D eigenvalue weighted by Crippen LogP contribution is -2.22. The van der Waals surface area contributed by atoms with E-state index in [0.29, 0.717) is 32.9 Å². The van der Waals surface area contributed by atoms with Crippen molar-refractivity contribution in [1.82, 2.24) is 9.13 Å². The maximum absolute atomic E-state index is 14.6. The van der Waals surface area contributed by atoms with Crippen LogP contribution in [0.15, 0.2) is 74.4 Å². The van der Waals surface area contributed by atoms with Crippen molar-refractivity contribution < 1.29 is 4.39 Å². The number of nitriles is 1. The zero-order chi connectivity index (χ0) is 30.0. The Kier molecular flexibility index (Phi) is 8.36. The third-order valence-corrected chi connectivity index (χ3v) is 7.09. The molecule has 41 heavy (non-hydrogen) atoms. The topological polar surface area (TPSA) is 105 Å². The van der Waals surface area contributed by atoms with Crippen LogP contribution in [0.3, 0.4) is 0 Å². The van der Waals surface area contributed by atoms with E-state index >= 15 is 0 Å². The van der Waals surface area contributed by atoms with Crippen LogP contribution in [-0.2, 0) is 14.1 Å². The maximum Gasteiger partial charge on any atom is 0.287 e. The Bertz CT molecular complexity index is 1930. The Morgan fingerprint density at radius 3 is 2.56 bits per heavy atom. The minimum Gasteiger partial charge on any atom is -0.377 e. The molecule has 2 aromatic heterocycles. The van der Waals surface area contributed by atoms with Crippen LogP contribution in [-0.4, -0.2) is 21.7 Å². The molecule has 2 heterocycles. The number of halogens is 2. The van der Waals surface area contributed by atoms with Crippen molar-refractivity contribution in [1.29, 1.82) is 5.26 Å². The average molecular weight is 571 g/mol. The smallest absolute Gasteiger partial charge is 0.287 e. The molecule has 10 heteroatoms. The molecule has 0 radical (unpaired) electrons. The molecule has 0 aliphatic heterocycles. The van der Waals surface area contributed by atoms with Crippen molar-refractivity contribution in [2.24, 2.45) is 24.1 Å². The van der Waals surface area contributed by atoms with E-state index in [1.54, 1.807) is 32.2 Å². The van der Waals surface area contributed by atoms with E-state index in [1.165, 1.54) is 30.1 Å². The van der Waals surface area contributed by atoms with E-state index < -0.39 is 11.4 Å². The molecule has 0 fully saturated rings. The van der Waals surface area contributed by atoms with Gasteiger partial charge in [-0.1, -0.05) is 17.7 Å². The molecule has 208 valence electrons. The highest BCUT2D eigenvalue weighted by Gasteiger charge is 2.17. The van der Waals surface area contributed by atoms with Gasteiger partial charge in [-0.2, -0.15) is 5.26 Å². The normalized spacial score (nSPS) is 12.7. The zero-order valence-electron chi connectivity index (χ0n) is 23.3. The van der Waals surface area contributed by atoms with Crippen LogP contribution in [0.2, 0.25) is 5.02 Å². The summed E-state index contributed by atoms with van der Waals surface area (Å²) in [5.41, 5.74) is 2.93. The molecule has 0 amide bonds. The number of aryl methyl sites for hydroxylation is 2. The molecular formula is C31H28ClFN6O2. The minimum absolute atomic E-state index is 0.0595. The molecule has 0 saturated carbocycles. The standard InChI is InChI=1S/C31H28ClFN6O2/c1-17-11-23(19(3)37-26-8-7-21(32)13-20(26)15-34)24-14-27(39(6)30(40)25(24)12-17)18(2)16-36-29(35-4)22-9-10-38(5)31(41)28(22)33/h7-14,16,19,37H,4H2,1-3,5-6H3/b18-16+,36-29?/t19-/m1/s1. The molecule has 0 spiro atoms. The predicted molar refractivity (Wildman–Crippen MR) is 164 cm³/mol. The molecule has 1 N–H and O–H groups in total. The Morgan fingerprint density at radius 1 is 1.15 bits per heavy atom. The van der Waals surface area contributed by atoms with Gasteiger partial charge in [-0.05, 0) is 86.0 Å². The first kappa shape index (κ1) is 29.2. The van der Waals surface area contributed by atoms with Gasteiger partial charge in [0.1, 0.15) is 6.07 Å². The first-order valence-corrected chi connectivity index (χ1v) is 13.0. The second kappa shape index (κ2) is 11.7. The summed E-state index contributed by atoms with van der Waals surface area (Å²) in [6.07, 6.45) is 2.89. The fourth-order valence-corrected chi connectivity index (χ4v) is 4.83. The van der Waals surface area contributed by atoms with Crippen LogP contribution in [0.25, 0.3) is 16.3 Å². The summed E-state index contributed by atoms with van der Waals surface area (Å²) in [6.45, 7) is 9.12. The fourth-order valence-electron chi connectivity index (χ4n) is 4.66. The number of anilines is 1. The summed E-state index contributed by atoms with van der Waals surface area (Å²) >= 11 is 6.06. The quantitative estimate of drug-likeness (QED) is 0.230. The summed E-state index contributed by atoms with van der Waals surface area (Å²) in [7, 11) is 3.11. The van der Waals surface area contributed by atoms with Crippen molar-refractivity contribution in [3.8, 4) is 6.07 Å². The van der Waals surface area contributed by atoms with E-state index in [0.717, 1.165) is 21.1 Å². The number of aromatic nitrogens is 2. The highest BCUT2D eigenvalue weighted by atomic mass is 35.5. The Labute approximate surface area is 241 Å². The number of nitrogens with zero attached hydrogens (tertiary/aromatic N) is 5. The van der Waals surface area contributed by atoms with Crippen molar-refractivity contribution in [3.05, 3.63) is 114 Å². The van der Waals surface area contributed by atoms with E-state index in [4.69, 9.17) is 11.6 Å². The van der Waals surface area contributed by atoms with Gasteiger partial charge in [0.05, 0.1) is 16.8 Å². The maximum atomic E-state index is 14.6. The van der Waals surface area contributed by atoms with Gasteiger partial charge in [-0.25, -0.2) is 14.4 Å². The molecular weight excluding hydrogens is 543 g/mol. The zero-order valence-corrected chi connectivity index (χ0v) is 24.0. The summed E-state index contributed by atoms with van der Waals surface area (Å²) in [5, 5.41) is 14.7. The Hall–Kier alpha value is -4.81. The molecule has 0 bridgehead atoms. The van der Waals surface area contributed by atoms with Crippen molar-refractivity contribution >= 4 is 46.2 Å². The van der Waals surface area contributed by atoms with Gasteiger partial charge in [0.25, 0.3) is 11.1 Å². The van der Waals surface area contributed by atoms with Crippen LogP contribution >= 0.6 is 11.6 Å². The molecule has 2 aromatic carbocycles. The number of pyridine rings is 2. The van der Waals surface area contributed by atoms with Gasteiger partial charge in [0.2, 0.25) is 0 Å². The van der Waals surface area contributed by atoms with Gasteiger partial charge in [0.15, 0.2) is 11.7 Å². The highest BCUT2D eigenvalue weighted by molar-refractivity contribution is 6.30. The lowest BCUT2D eigenvalue weighted by Gasteiger charge is -2.21. The van der Waals surface area contributed by atoms with E-state index in [9.17, 15) is 19.2 Å². The van der Waals surface area contributed by atoms with E-state index in [2.05, 4.69) is 28.1 Å². The monoisotopic (exact) mass is 570 g/mol. The second-order valence-electron chi connectivity index (χ2n) is 9.76. The first-order valence-electron chi connectivity index (χ1n) is 12.6. The predicted octanol–water partition coefficient (Wildman–Crippen LogP) is 5.89. The highest BCUT2D eigenvalue weighted by Crippen LogP contribution is 2.31. The molecule has 8 nitrogen and oxygen atoms in total. The molecule has 4 rings (SSSR count). The van der Waals surface area contributed by atoms with Crippen LogP contribution in [0.1, 0.15) is 47.8 Å². The number of benzene rings is 2. The third kappa shape index (κ3) is 5.74. The Balaban J connectivity index is 1.83. The fraction of sp³-hybridized carbons (Fsp3) is 0.194. The number of fused-ring (bicyclic) bond motifs is 1. The van der Waals surface area contributed by atoms with E-state index in [-0.39, 0.29) is 23.0 Å². The largest absolute Gasteiger partial charge is 0.377 e. The van der Waals surface area contributed by atoms with Crippen molar-refractivity contribution in [3.63, 3.8) is 0 Å². The lowest BCUT2D eigenvalue weighted by atomic mass is 9.96. The Morgan fingerprint density at radius 2 is 1.88 bits per heavy atom. The van der Waals surface area contributed by atoms with Gasteiger partial charge < -0.3 is 14.5 Å². The lowest BCUT2D eigenvalue weighted by molar-refractivity contribution is 0.588. The summed E-state index contributed by atoms with van der Waals surface area (Å²) < 4.78 is 17.3. The van der Waals surface area contributed by atoms with Crippen molar-refractivity contribution in [2.45, 2.75) is 26.8 Å². The summed E-state index contributed by atoms with van der Waals surface area (Å²) in [4.78, 5) is 33.7. The van der Waals surface area contributed by atoms with Gasteiger partial charge in [-0.15, -0.1) is 0 Å². The van der Waals surface area contributed by atoms with Crippen LogP contribution in [0, 0.1) is 24.1 Å². The minimum atomic E-state index is -0.980. The number of nitrogens with one attached hydrogen (secondary N) is 1. The SMILES string of the molecule is C=NC(=N/C=C(\C)c1cc2c([C@@H](C)Nc3ccc(Cl)cc3C#N)cc(C)cc2c(=O)n1C)c1ccn(C)c(=O)c1F. The first-order chi connectivity index (χ1) is 19.5. The van der Waals surface area contributed by atoms with Gasteiger partial charge in [0, 0.05) is 48.6 Å². The number of amidine groups is 1. The molecule has 0 unspecified atom stereocenters. The number of hydrogen-bond acceptors (Lipinski definition) is 5. The number of rotatable bonds is 6. The van der Waals surface area contributed by atoms with Crippen LogP contribution < -0.4 is 16.4 Å². The second-order valence-corrected chi connectivity index (χ2v) is 10.2. The van der Waals surface area contributed by atoms with E-state index in [1.807, 2.05) is 32.0 Å². The van der Waals surface area contributed by atoms with Gasteiger partial charge >= 0.3 is 0 Å². The van der Waals surface area contributed by atoms with Crippen LogP contribution in [0.4, 0.5) is 10.1 Å². The average Bonchev–Trinajstić information content (AvgIpc) is 2.95.